The number of aromatic nitrogens is 3. The fourth-order valence-electron chi connectivity index (χ4n) is 3.74. The molecule has 1 amide bonds. The second-order valence-corrected chi connectivity index (χ2v) is 9.22. The number of rotatable bonds is 3. The first-order chi connectivity index (χ1) is 15.7. The SMILES string of the molecule is CC[C@H]1O[C@@H](n2cc(C#Cc3ccccc3)c3c(=O)[nH]c(NC(=O)C(C)(C)C)nc32)CC1O. The van der Waals surface area contributed by atoms with Crippen molar-refractivity contribution in [3.63, 3.8) is 0 Å². The molecule has 1 aliphatic rings. The van der Waals surface area contributed by atoms with E-state index in [1.54, 1.807) is 31.5 Å². The predicted octanol–water partition coefficient (Wildman–Crippen LogP) is 3.17. The number of aliphatic hydroxyl groups is 1. The Balaban J connectivity index is 1.83. The molecule has 4 rings (SSSR count). The molecule has 8 heteroatoms. The summed E-state index contributed by atoms with van der Waals surface area (Å²) in [5.74, 6) is 5.93. The maximum atomic E-state index is 13.1. The summed E-state index contributed by atoms with van der Waals surface area (Å²) in [6.45, 7) is 7.27. The van der Waals surface area contributed by atoms with Crippen molar-refractivity contribution in [2.24, 2.45) is 5.41 Å². The zero-order chi connectivity index (χ0) is 23.8. The highest BCUT2D eigenvalue weighted by Gasteiger charge is 2.35. The van der Waals surface area contributed by atoms with Crippen LogP contribution in [0.25, 0.3) is 11.0 Å². The molecule has 0 radical (unpaired) electrons. The maximum absolute atomic E-state index is 13.1. The van der Waals surface area contributed by atoms with Crippen LogP contribution in [-0.4, -0.2) is 37.8 Å². The van der Waals surface area contributed by atoms with Gasteiger partial charge in [-0.05, 0) is 18.6 Å². The van der Waals surface area contributed by atoms with Gasteiger partial charge in [-0.25, -0.2) is 0 Å². The maximum Gasteiger partial charge on any atom is 0.263 e. The van der Waals surface area contributed by atoms with Crippen molar-refractivity contribution in [1.29, 1.82) is 0 Å². The van der Waals surface area contributed by atoms with Crippen LogP contribution in [0.5, 0.6) is 0 Å². The number of amides is 1. The molecule has 1 unspecified atom stereocenters. The largest absolute Gasteiger partial charge is 0.390 e. The number of nitrogens with one attached hydrogen (secondary N) is 2. The molecule has 2 aromatic heterocycles. The molecule has 3 N–H and O–H groups in total. The second kappa shape index (κ2) is 8.85. The van der Waals surface area contributed by atoms with Gasteiger partial charge >= 0.3 is 0 Å². The summed E-state index contributed by atoms with van der Waals surface area (Å²) >= 11 is 0. The van der Waals surface area contributed by atoms with E-state index in [9.17, 15) is 14.7 Å². The molecule has 8 nitrogen and oxygen atoms in total. The lowest BCUT2D eigenvalue weighted by Gasteiger charge is -2.17. The lowest BCUT2D eigenvalue weighted by molar-refractivity contribution is -0.123. The Hall–Kier alpha value is -3.41. The first kappa shape index (κ1) is 22.8. The second-order valence-electron chi connectivity index (χ2n) is 9.22. The summed E-state index contributed by atoms with van der Waals surface area (Å²) in [5, 5.41) is 13.4. The van der Waals surface area contributed by atoms with Crippen molar-refractivity contribution in [3.05, 3.63) is 58.0 Å². The summed E-state index contributed by atoms with van der Waals surface area (Å²) in [7, 11) is 0. The van der Waals surface area contributed by atoms with Gasteiger partial charge in [0.1, 0.15) is 6.23 Å². The summed E-state index contributed by atoms with van der Waals surface area (Å²) in [6, 6.07) is 9.47. The molecular formula is C25H28N4O4. The average Bonchev–Trinajstić information content (AvgIpc) is 3.32. The Morgan fingerprint density at radius 2 is 2.03 bits per heavy atom. The molecular weight excluding hydrogens is 420 g/mol. The van der Waals surface area contributed by atoms with Gasteiger partial charge in [-0.15, -0.1) is 0 Å². The van der Waals surface area contributed by atoms with Crippen molar-refractivity contribution in [2.75, 3.05) is 5.32 Å². The third-order valence-electron chi connectivity index (χ3n) is 5.63. The first-order valence-corrected chi connectivity index (χ1v) is 11.0. The van der Waals surface area contributed by atoms with E-state index >= 15 is 0 Å². The Kier molecular flexibility index (Phi) is 6.11. The monoisotopic (exact) mass is 448 g/mol. The minimum absolute atomic E-state index is 0.0555. The highest BCUT2D eigenvalue weighted by Crippen LogP contribution is 2.33. The van der Waals surface area contributed by atoms with Crippen LogP contribution in [0.15, 0.2) is 41.3 Å². The number of anilines is 1. The summed E-state index contributed by atoms with van der Waals surface area (Å²) in [5.41, 5.74) is 0.583. The predicted molar refractivity (Wildman–Crippen MR) is 126 cm³/mol. The van der Waals surface area contributed by atoms with Crippen LogP contribution in [0.2, 0.25) is 0 Å². The quantitative estimate of drug-likeness (QED) is 0.533. The zero-order valence-electron chi connectivity index (χ0n) is 19.2. The molecule has 3 aromatic rings. The fourth-order valence-corrected chi connectivity index (χ4v) is 3.74. The molecule has 33 heavy (non-hydrogen) atoms. The zero-order valence-corrected chi connectivity index (χ0v) is 19.2. The molecule has 1 aromatic carbocycles. The minimum atomic E-state index is -0.658. The van der Waals surface area contributed by atoms with Crippen molar-refractivity contribution in [3.8, 4) is 11.8 Å². The average molecular weight is 449 g/mol. The van der Waals surface area contributed by atoms with Crippen LogP contribution in [-0.2, 0) is 9.53 Å². The Labute approximate surface area is 192 Å². The lowest BCUT2D eigenvalue weighted by atomic mass is 9.96. The molecule has 0 spiro atoms. The highest BCUT2D eigenvalue weighted by molar-refractivity contribution is 5.94. The van der Waals surface area contributed by atoms with E-state index in [1.165, 1.54) is 0 Å². The number of nitrogens with zero attached hydrogens (tertiary/aromatic N) is 2. The summed E-state index contributed by atoms with van der Waals surface area (Å²) in [6.07, 6.45) is 1.35. The standard InChI is InChI=1S/C25H28N4O4/c1-5-18-17(30)13-19(33-18)29-14-16(12-11-15-9-7-6-8-10-15)20-21(29)26-24(27-22(20)31)28-23(32)25(2,3)4/h6-10,14,17-19,30H,5,13H2,1-4H3,(H2,26,27,28,31,32)/t17?,18-,19-/m1/s1. The van der Waals surface area contributed by atoms with Crippen molar-refractivity contribution in [2.45, 2.75) is 59.0 Å². The van der Waals surface area contributed by atoms with Gasteiger partial charge in [-0.2, -0.15) is 4.98 Å². The number of H-pyrrole nitrogens is 1. The number of hydrogen-bond donors (Lipinski definition) is 3. The molecule has 172 valence electrons. The number of aliphatic hydroxyl groups excluding tert-OH is 1. The highest BCUT2D eigenvalue weighted by atomic mass is 16.5. The fraction of sp³-hybridized carbons (Fsp3) is 0.400. The van der Waals surface area contributed by atoms with Gasteiger partial charge in [0.25, 0.3) is 5.56 Å². The number of benzene rings is 1. The molecule has 1 fully saturated rings. The van der Waals surface area contributed by atoms with Crippen LogP contribution in [0, 0.1) is 17.3 Å². The van der Waals surface area contributed by atoms with Crippen LogP contribution < -0.4 is 10.9 Å². The van der Waals surface area contributed by atoms with Gasteiger partial charge in [0, 0.05) is 23.6 Å². The summed E-state index contributed by atoms with van der Waals surface area (Å²) in [4.78, 5) is 32.7. The number of carbonyl (C=O) groups is 1. The van der Waals surface area contributed by atoms with Gasteiger partial charge in [0.15, 0.2) is 5.65 Å². The molecule has 3 heterocycles. The van der Waals surface area contributed by atoms with Crippen molar-refractivity contribution in [1.82, 2.24) is 14.5 Å². The lowest BCUT2D eigenvalue weighted by Crippen LogP contribution is -2.29. The Bertz CT molecular complexity index is 1290. The van der Waals surface area contributed by atoms with E-state index in [-0.39, 0.29) is 18.0 Å². The number of ether oxygens (including phenoxy) is 1. The number of aromatic amines is 1. The van der Waals surface area contributed by atoms with Gasteiger partial charge in [-0.1, -0.05) is 57.7 Å². The Morgan fingerprint density at radius 3 is 2.67 bits per heavy atom. The van der Waals surface area contributed by atoms with E-state index in [2.05, 4.69) is 27.1 Å². The van der Waals surface area contributed by atoms with E-state index in [4.69, 9.17) is 4.74 Å². The van der Waals surface area contributed by atoms with Gasteiger partial charge in [-0.3, -0.25) is 19.9 Å². The van der Waals surface area contributed by atoms with Crippen molar-refractivity contribution >= 4 is 22.9 Å². The number of fused-ring (bicyclic) bond motifs is 1. The number of carbonyl (C=O) groups excluding carboxylic acids is 1. The number of hydrogen-bond acceptors (Lipinski definition) is 5. The van der Waals surface area contributed by atoms with E-state index in [0.29, 0.717) is 29.4 Å². The topological polar surface area (TPSA) is 109 Å². The van der Waals surface area contributed by atoms with Crippen LogP contribution in [0.3, 0.4) is 0 Å². The minimum Gasteiger partial charge on any atom is -0.390 e. The smallest absolute Gasteiger partial charge is 0.263 e. The van der Waals surface area contributed by atoms with Crippen LogP contribution in [0.4, 0.5) is 5.95 Å². The third-order valence-corrected chi connectivity index (χ3v) is 5.63. The third kappa shape index (κ3) is 4.70. The molecule has 3 atom stereocenters. The van der Waals surface area contributed by atoms with Crippen LogP contribution >= 0.6 is 0 Å². The molecule has 0 bridgehead atoms. The van der Waals surface area contributed by atoms with Gasteiger partial charge in [0.05, 0.1) is 23.2 Å². The molecule has 0 aliphatic carbocycles. The summed E-state index contributed by atoms with van der Waals surface area (Å²) < 4.78 is 7.76. The Morgan fingerprint density at radius 1 is 1.30 bits per heavy atom. The van der Waals surface area contributed by atoms with E-state index in [0.717, 1.165) is 5.56 Å². The normalized spacial score (nSPS) is 20.5. The van der Waals surface area contributed by atoms with Gasteiger partial charge < -0.3 is 14.4 Å². The molecule has 0 saturated carbocycles. The van der Waals surface area contributed by atoms with Crippen LogP contribution in [0.1, 0.15) is 57.9 Å². The van der Waals surface area contributed by atoms with E-state index in [1.807, 2.05) is 37.3 Å². The van der Waals surface area contributed by atoms with Crippen molar-refractivity contribution < 1.29 is 14.6 Å². The first-order valence-electron chi connectivity index (χ1n) is 11.0. The molecule has 1 saturated heterocycles. The van der Waals surface area contributed by atoms with E-state index < -0.39 is 23.3 Å². The molecule has 1 aliphatic heterocycles. The van der Waals surface area contributed by atoms with Gasteiger partial charge in [0.2, 0.25) is 11.9 Å².